The normalized spacial score (nSPS) is 11.2. The first-order chi connectivity index (χ1) is 13.8. The molecule has 3 rings (SSSR count). The molecule has 0 atom stereocenters. The van der Waals surface area contributed by atoms with Crippen molar-refractivity contribution in [3.63, 3.8) is 0 Å². The Morgan fingerprint density at radius 3 is 2.55 bits per heavy atom. The van der Waals surface area contributed by atoms with Crippen LogP contribution in [0.2, 0.25) is 0 Å². The number of aryl methyl sites for hydroxylation is 2. The Bertz CT molecular complexity index is 1100. The van der Waals surface area contributed by atoms with Crippen LogP contribution in [0.5, 0.6) is 0 Å². The molecule has 1 aromatic carbocycles. The highest BCUT2D eigenvalue weighted by Crippen LogP contribution is 2.22. The van der Waals surface area contributed by atoms with Crippen LogP contribution in [0, 0.1) is 13.8 Å². The van der Waals surface area contributed by atoms with Crippen molar-refractivity contribution in [1.29, 1.82) is 0 Å². The van der Waals surface area contributed by atoms with Crippen molar-refractivity contribution in [3.8, 4) is 0 Å². The van der Waals surface area contributed by atoms with E-state index in [-0.39, 0.29) is 16.8 Å². The van der Waals surface area contributed by atoms with E-state index >= 15 is 0 Å². The van der Waals surface area contributed by atoms with Crippen LogP contribution in [-0.4, -0.2) is 40.2 Å². The maximum Gasteiger partial charge on any atom is 0.264 e. The molecule has 0 saturated heterocycles. The number of hydrogen-bond acceptors (Lipinski definition) is 9. The molecular formula is C17H18N6O3S3. The molecule has 2 aromatic heterocycles. The summed E-state index contributed by atoms with van der Waals surface area (Å²) < 4.78 is 28.0. The minimum Gasteiger partial charge on any atom is -0.326 e. The van der Waals surface area contributed by atoms with Crippen molar-refractivity contribution < 1.29 is 13.2 Å². The van der Waals surface area contributed by atoms with E-state index in [2.05, 4.69) is 30.2 Å². The maximum atomic E-state index is 12.4. The van der Waals surface area contributed by atoms with E-state index in [0.29, 0.717) is 23.6 Å². The molecule has 0 unspecified atom stereocenters. The van der Waals surface area contributed by atoms with E-state index in [4.69, 9.17) is 0 Å². The van der Waals surface area contributed by atoms with Gasteiger partial charge in [-0.25, -0.2) is 23.1 Å². The minimum atomic E-state index is -3.82. The summed E-state index contributed by atoms with van der Waals surface area (Å²) in [6, 6.07) is 7.55. The van der Waals surface area contributed by atoms with Crippen LogP contribution in [0.1, 0.15) is 17.1 Å². The van der Waals surface area contributed by atoms with Crippen molar-refractivity contribution in [1.82, 2.24) is 20.2 Å². The lowest BCUT2D eigenvalue weighted by atomic mass is 10.3. The smallest absolute Gasteiger partial charge is 0.264 e. The molecular weight excluding hydrogens is 432 g/mol. The average molecular weight is 451 g/mol. The van der Waals surface area contributed by atoms with Crippen LogP contribution in [0.3, 0.4) is 0 Å². The van der Waals surface area contributed by atoms with Crippen molar-refractivity contribution in [2.24, 2.45) is 0 Å². The fourth-order valence-electron chi connectivity index (χ4n) is 2.19. The predicted molar refractivity (Wildman–Crippen MR) is 113 cm³/mol. The van der Waals surface area contributed by atoms with Gasteiger partial charge < -0.3 is 5.32 Å². The number of nitrogens with one attached hydrogen (secondary N) is 2. The van der Waals surface area contributed by atoms with E-state index in [1.54, 1.807) is 13.0 Å². The molecule has 0 aliphatic rings. The molecule has 0 aliphatic carbocycles. The van der Waals surface area contributed by atoms with Gasteiger partial charge in [0.2, 0.25) is 11.9 Å². The van der Waals surface area contributed by atoms with Crippen LogP contribution >= 0.6 is 23.1 Å². The summed E-state index contributed by atoms with van der Waals surface area (Å²) in [5.74, 6) is 0.416. The first-order valence-corrected chi connectivity index (χ1v) is 11.8. The molecule has 152 valence electrons. The Labute approximate surface area is 176 Å². The summed E-state index contributed by atoms with van der Waals surface area (Å²) in [6.45, 7) is 3.62. The molecule has 1 amide bonds. The summed E-state index contributed by atoms with van der Waals surface area (Å²) in [4.78, 5) is 20.0. The number of anilines is 2. The lowest BCUT2D eigenvalue weighted by Gasteiger charge is -2.08. The highest BCUT2D eigenvalue weighted by atomic mass is 32.2. The van der Waals surface area contributed by atoms with Gasteiger partial charge in [0.05, 0.1) is 4.90 Å². The minimum absolute atomic E-state index is 0.00510. The number of carbonyl (C=O) groups excluding carboxylic acids is 1. The van der Waals surface area contributed by atoms with Crippen molar-refractivity contribution in [3.05, 3.63) is 47.2 Å². The number of amides is 1. The monoisotopic (exact) mass is 450 g/mol. The van der Waals surface area contributed by atoms with E-state index < -0.39 is 10.0 Å². The van der Waals surface area contributed by atoms with Crippen LogP contribution < -0.4 is 10.0 Å². The Morgan fingerprint density at radius 2 is 1.90 bits per heavy atom. The molecule has 0 saturated carbocycles. The third-order valence-corrected chi connectivity index (χ3v) is 6.85. The molecule has 3 aromatic rings. The number of sulfonamides is 1. The molecule has 0 spiro atoms. The molecule has 2 heterocycles. The SMILES string of the molecule is Cc1ccnc(NS(=O)(=O)c2ccc(NC(=O)CCSc3nnc(C)s3)cc2)n1. The van der Waals surface area contributed by atoms with E-state index in [0.717, 1.165) is 9.35 Å². The van der Waals surface area contributed by atoms with Crippen molar-refractivity contribution in [2.75, 3.05) is 15.8 Å². The molecule has 0 aliphatic heterocycles. The lowest BCUT2D eigenvalue weighted by molar-refractivity contribution is -0.115. The third-order valence-electron chi connectivity index (χ3n) is 3.53. The molecule has 2 N–H and O–H groups in total. The largest absolute Gasteiger partial charge is 0.326 e. The second-order valence-electron chi connectivity index (χ2n) is 5.89. The second kappa shape index (κ2) is 9.29. The van der Waals surface area contributed by atoms with Gasteiger partial charge in [-0.05, 0) is 44.2 Å². The highest BCUT2D eigenvalue weighted by Gasteiger charge is 2.16. The Morgan fingerprint density at radius 1 is 1.14 bits per heavy atom. The van der Waals surface area contributed by atoms with Gasteiger partial charge >= 0.3 is 0 Å². The number of carbonyl (C=O) groups is 1. The number of aromatic nitrogens is 4. The van der Waals surface area contributed by atoms with Gasteiger partial charge in [-0.3, -0.25) is 4.79 Å². The van der Waals surface area contributed by atoms with Crippen LogP contribution in [0.15, 0.2) is 45.8 Å². The predicted octanol–water partition coefficient (Wildman–Crippen LogP) is 2.87. The zero-order valence-electron chi connectivity index (χ0n) is 15.6. The van der Waals surface area contributed by atoms with Crippen LogP contribution in [0.4, 0.5) is 11.6 Å². The lowest BCUT2D eigenvalue weighted by Crippen LogP contribution is -2.16. The Hall–Kier alpha value is -2.57. The maximum absolute atomic E-state index is 12.4. The molecule has 0 bridgehead atoms. The van der Waals surface area contributed by atoms with Gasteiger partial charge in [0, 0.05) is 29.8 Å². The van der Waals surface area contributed by atoms with Gasteiger partial charge in [0.1, 0.15) is 5.01 Å². The van der Waals surface area contributed by atoms with Gasteiger partial charge in [-0.15, -0.1) is 10.2 Å². The zero-order chi connectivity index (χ0) is 20.9. The van der Waals surface area contributed by atoms with Gasteiger partial charge in [-0.1, -0.05) is 23.1 Å². The van der Waals surface area contributed by atoms with Gasteiger partial charge in [-0.2, -0.15) is 0 Å². The number of thioether (sulfide) groups is 1. The fraction of sp³-hybridized carbons (Fsp3) is 0.235. The summed E-state index contributed by atoms with van der Waals surface area (Å²) in [7, 11) is -3.82. The first-order valence-electron chi connectivity index (χ1n) is 8.47. The molecule has 9 nitrogen and oxygen atoms in total. The topological polar surface area (TPSA) is 127 Å². The number of rotatable bonds is 8. The van der Waals surface area contributed by atoms with E-state index in [1.807, 2.05) is 6.92 Å². The third kappa shape index (κ3) is 6.21. The van der Waals surface area contributed by atoms with Crippen molar-refractivity contribution in [2.45, 2.75) is 29.5 Å². The highest BCUT2D eigenvalue weighted by molar-refractivity contribution is 8.01. The van der Waals surface area contributed by atoms with Crippen LogP contribution in [-0.2, 0) is 14.8 Å². The summed E-state index contributed by atoms with van der Waals surface area (Å²) in [5.41, 5.74) is 1.16. The second-order valence-corrected chi connectivity index (χ2v) is 10.1. The zero-order valence-corrected chi connectivity index (χ0v) is 18.1. The number of hydrogen-bond donors (Lipinski definition) is 2. The van der Waals surface area contributed by atoms with E-state index in [9.17, 15) is 13.2 Å². The van der Waals surface area contributed by atoms with E-state index in [1.165, 1.54) is 53.6 Å². The summed E-state index contributed by atoms with van der Waals surface area (Å²) >= 11 is 2.96. The molecule has 0 fully saturated rings. The summed E-state index contributed by atoms with van der Waals surface area (Å²) in [6.07, 6.45) is 1.78. The quantitative estimate of drug-likeness (QED) is 0.502. The fourth-order valence-corrected chi connectivity index (χ4v) is 4.96. The molecule has 12 heteroatoms. The average Bonchev–Trinajstić information content (AvgIpc) is 3.07. The molecule has 0 radical (unpaired) electrons. The number of benzene rings is 1. The summed E-state index contributed by atoms with van der Waals surface area (Å²) in [5, 5.41) is 11.5. The van der Waals surface area contributed by atoms with Crippen molar-refractivity contribution >= 4 is 50.7 Å². The first kappa shape index (κ1) is 21.1. The Kier molecular flexibility index (Phi) is 6.77. The van der Waals surface area contributed by atoms with Gasteiger partial charge in [0.15, 0.2) is 4.34 Å². The molecule has 29 heavy (non-hydrogen) atoms. The Balaban J connectivity index is 1.54. The van der Waals surface area contributed by atoms with Gasteiger partial charge in [0.25, 0.3) is 10.0 Å². The van der Waals surface area contributed by atoms with Crippen LogP contribution in [0.25, 0.3) is 0 Å². The number of nitrogens with zero attached hydrogens (tertiary/aromatic N) is 4. The standard InChI is InChI=1S/C17H18N6O3S3/c1-11-7-9-18-16(19-11)23-29(25,26)14-5-3-13(4-6-14)20-15(24)8-10-27-17-22-21-12(2)28-17/h3-7,9H,8,10H2,1-2H3,(H,20,24)(H,18,19,23).